The number of thiophene rings is 1. The molecule has 24 heavy (non-hydrogen) atoms. The Bertz CT molecular complexity index is 844. The van der Waals surface area contributed by atoms with Crippen LogP contribution in [0.15, 0.2) is 9.59 Å². The molecule has 1 unspecified atom stereocenters. The van der Waals surface area contributed by atoms with Gasteiger partial charge in [0.2, 0.25) is 0 Å². The summed E-state index contributed by atoms with van der Waals surface area (Å²) in [6.07, 6.45) is 2.00. The second-order valence-electron chi connectivity index (χ2n) is 6.33. The third kappa shape index (κ3) is 2.95. The van der Waals surface area contributed by atoms with Crippen molar-refractivity contribution in [1.82, 2.24) is 15.3 Å². The molecule has 1 saturated heterocycles. The number of aryl methyl sites for hydroxylation is 1. The molecule has 0 amide bonds. The molecular formula is C16H26N4O3S. The van der Waals surface area contributed by atoms with E-state index in [0.29, 0.717) is 18.5 Å². The Hall–Kier alpha value is -1.48. The number of hydrogen-bond acceptors (Lipinski definition) is 6. The fourth-order valence-electron chi connectivity index (χ4n) is 3.21. The van der Waals surface area contributed by atoms with Gasteiger partial charge in [0, 0.05) is 24.1 Å². The van der Waals surface area contributed by atoms with Crippen molar-refractivity contribution in [2.45, 2.75) is 58.8 Å². The summed E-state index contributed by atoms with van der Waals surface area (Å²) < 4.78 is 8.74. The molecule has 0 radical (unpaired) electrons. The fraction of sp³-hybridized carbons (Fsp3) is 0.625. The lowest BCUT2D eigenvalue weighted by molar-refractivity contribution is 0.0965. The van der Waals surface area contributed by atoms with Crippen LogP contribution in [0.2, 0.25) is 0 Å². The molecule has 1 fully saturated rings. The van der Waals surface area contributed by atoms with Gasteiger partial charge < -0.3 is 16.6 Å². The highest BCUT2D eigenvalue weighted by atomic mass is 32.1. The standard InChI is InChI=1S/C16H23N3O3S.H3N/c1-9(2)19-14(20)13-10(3)12(7-17)23-15(13)18(16(19)21)8-11-5-4-6-22-11;/h9,11H,4-8,17H2,1-3H3;1H3. The van der Waals surface area contributed by atoms with Gasteiger partial charge in [-0.1, -0.05) is 0 Å². The Morgan fingerprint density at radius 1 is 1.38 bits per heavy atom. The molecule has 8 heteroatoms. The highest BCUT2D eigenvalue weighted by Gasteiger charge is 2.24. The Balaban J connectivity index is 0.00000208. The minimum Gasteiger partial charge on any atom is -0.376 e. The van der Waals surface area contributed by atoms with Gasteiger partial charge in [-0.25, -0.2) is 4.79 Å². The van der Waals surface area contributed by atoms with E-state index in [1.54, 1.807) is 4.57 Å². The number of hydrogen-bond donors (Lipinski definition) is 2. The molecule has 3 heterocycles. The highest BCUT2D eigenvalue weighted by molar-refractivity contribution is 7.18. The van der Waals surface area contributed by atoms with Crippen molar-refractivity contribution in [3.63, 3.8) is 0 Å². The Labute approximate surface area is 144 Å². The summed E-state index contributed by atoms with van der Waals surface area (Å²) in [5.74, 6) is 0. The molecule has 1 aliphatic heterocycles. The smallest absolute Gasteiger partial charge is 0.332 e. The topological polar surface area (TPSA) is 114 Å². The molecule has 0 aliphatic carbocycles. The summed E-state index contributed by atoms with van der Waals surface area (Å²) in [5.41, 5.74) is 6.24. The normalized spacial score (nSPS) is 17.6. The first-order valence-electron chi connectivity index (χ1n) is 8.04. The predicted octanol–water partition coefficient (Wildman–Crippen LogP) is 1.91. The summed E-state index contributed by atoms with van der Waals surface area (Å²) in [4.78, 5) is 27.4. The van der Waals surface area contributed by atoms with Crippen molar-refractivity contribution in [3.8, 4) is 0 Å². The highest BCUT2D eigenvalue weighted by Crippen LogP contribution is 2.28. The van der Waals surface area contributed by atoms with Crippen molar-refractivity contribution >= 4 is 21.6 Å². The summed E-state index contributed by atoms with van der Waals surface area (Å²) in [6, 6.07) is -0.184. The van der Waals surface area contributed by atoms with Crippen LogP contribution >= 0.6 is 11.3 Å². The van der Waals surface area contributed by atoms with Crippen LogP contribution in [0.4, 0.5) is 0 Å². The molecular weight excluding hydrogens is 328 g/mol. The van der Waals surface area contributed by atoms with Crippen LogP contribution in [0.3, 0.4) is 0 Å². The second kappa shape index (κ2) is 7.18. The van der Waals surface area contributed by atoms with E-state index in [1.165, 1.54) is 15.9 Å². The molecule has 0 saturated carbocycles. The Kier molecular flexibility index (Phi) is 5.64. The zero-order chi connectivity index (χ0) is 16.7. The van der Waals surface area contributed by atoms with Gasteiger partial charge >= 0.3 is 5.69 Å². The van der Waals surface area contributed by atoms with Crippen molar-refractivity contribution in [2.75, 3.05) is 6.61 Å². The molecule has 3 rings (SSSR count). The summed E-state index contributed by atoms with van der Waals surface area (Å²) >= 11 is 1.45. The van der Waals surface area contributed by atoms with Crippen LogP contribution in [0.25, 0.3) is 10.2 Å². The van der Waals surface area contributed by atoms with Crippen molar-refractivity contribution in [1.29, 1.82) is 0 Å². The fourth-order valence-corrected chi connectivity index (χ4v) is 4.39. The van der Waals surface area contributed by atoms with E-state index in [1.807, 2.05) is 20.8 Å². The molecule has 134 valence electrons. The second-order valence-corrected chi connectivity index (χ2v) is 7.42. The molecule has 2 aromatic heterocycles. The quantitative estimate of drug-likeness (QED) is 0.870. The molecule has 1 atom stereocenters. The monoisotopic (exact) mass is 354 g/mol. The van der Waals surface area contributed by atoms with Crippen LogP contribution in [0.5, 0.6) is 0 Å². The third-order valence-corrected chi connectivity index (χ3v) is 5.79. The number of nitrogens with two attached hydrogens (primary N) is 1. The minimum absolute atomic E-state index is 0. The van der Waals surface area contributed by atoms with Gasteiger partial charge in [0.05, 0.1) is 18.0 Å². The van der Waals surface area contributed by atoms with E-state index in [0.717, 1.165) is 34.7 Å². The maximum atomic E-state index is 12.9. The third-order valence-electron chi connectivity index (χ3n) is 4.45. The molecule has 0 bridgehead atoms. The lowest BCUT2D eigenvalue weighted by Gasteiger charge is -2.17. The predicted molar refractivity (Wildman–Crippen MR) is 97.4 cm³/mol. The van der Waals surface area contributed by atoms with Crippen LogP contribution in [-0.2, 0) is 17.8 Å². The van der Waals surface area contributed by atoms with E-state index >= 15 is 0 Å². The van der Waals surface area contributed by atoms with Gasteiger partial charge in [0.1, 0.15) is 4.83 Å². The Morgan fingerprint density at radius 2 is 2.08 bits per heavy atom. The van der Waals surface area contributed by atoms with Crippen LogP contribution in [0.1, 0.15) is 43.2 Å². The first-order valence-corrected chi connectivity index (χ1v) is 8.86. The average Bonchev–Trinajstić information content (AvgIpc) is 3.10. The van der Waals surface area contributed by atoms with Gasteiger partial charge in [-0.05, 0) is 39.2 Å². The van der Waals surface area contributed by atoms with Gasteiger partial charge in [0.15, 0.2) is 0 Å². The molecule has 0 spiro atoms. The molecule has 7 nitrogen and oxygen atoms in total. The maximum absolute atomic E-state index is 12.9. The number of aromatic nitrogens is 2. The number of nitrogens with zero attached hydrogens (tertiary/aromatic N) is 2. The zero-order valence-electron chi connectivity index (χ0n) is 14.5. The van der Waals surface area contributed by atoms with Crippen LogP contribution in [-0.4, -0.2) is 21.8 Å². The SMILES string of the molecule is Cc1c(CN)sc2c1c(=O)n(C(C)C)c(=O)n2CC1CCCO1.N. The molecule has 1 aliphatic rings. The average molecular weight is 354 g/mol. The van der Waals surface area contributed by atoms with E-state index in [2.05, 4.69) is 0 Å². The van der Waals surface area contributed by atoms with E-state index in [9.17, 15) is 9.59 Å². The van der Waals surface area contributed by atoms with Crippen LogP contribution in [0, 0.1) is 6.92 Å². The molecule has 2 aromatic rings. The number of ether oxygens (including phenoxy) is 1. The summed E-state index contributed by atoms with van der Waals surface area (Å²) in [5, 5.41) is 0.627. The first kappa shape index (κ1) is 18.9. The zero-order valence-corrected chi connectivity index (χ0v) is 15.3. The lowest BCUT2D eigenvalue weighted by atomic mass is 10.2. The minimum atomic E-state index is -0.252. The van der Waals surface area contributed by atoms with Gasteiger partial charge in [0.25, 0.3) is 5.56 Å². The Morgan fingerprint density at radius 3 is 2.62 bits per heavy atom. The van der Waals surface area contributed by atoms with Gasteiger partial charge in [-0.15, -0.1) is 11.3 Å². The number of rotatable bonds is 4. The van der Waals surface area contributed by atoms with Gasteiger partial charge in [-0.3, -0.25) is 13.9 Å². The molecule has 5 N–H and O–H groups in total. The lowest BCUT2D eigenvalue weighted by Crippen LogP contribution is -2.42. The van der Waals surface area contributed by atoms with Crippen molar-refractivity contribution in [3.05, 3.63) is 31.3 Å². The van der Waals surface area contributed by atoms with Crippen LogP contribution < -0.4 is 23.1 Å². The largest absolute Gasteiger partial charge is 0.376 e. The van der Waals surface area contributed by atoms with E-state index in [-0.39, 0.29) is 29.5 Å². The van der Waals surface area contributed by atoms with E-state index in [4.69, 9.17) is 10.5 Å². The summed E-state index contributed by atoms with van der Waals surface area (Å²) in [7, 11) is 0. The molecule has 0 aromatic carbocycles. The van der Waals surface area contributed by atoms with E-state index < -0.39 is 0 Å². The van der Waals surface area contributed by atoms with Crippen molar-refractivity contribution in [2.24, 2.45) is 5.73 Å². The first-order chi connectivity index (χ1) is 11.0. The summed E-state index contributed by atoms with van der Waals surface area (Å²) in [6.45, 7) is 7.23. The van der Waals surface area contributed by atoms with Crippen molar-refractivity contribution < 1.29 is 4.74 Å². The number of fused-ring (bicyclic) bond motifs is 1. The van der Waals surface area contributed by atoms with Gasteiger partial charge in [-0.2, -0.15) is 0 Å². The maximum Gasteiger partial charge on any atom is 0.332 e.